The van der Waals surface area contributed by atoms with E-state index in [1.54, 1.807) is 13.0 Å². The van der Waals surface area contributed by atoms with Crippen molar-refractivity contribution in [2.24, 2.45) is 0 Å². The molecular formula is C11H14FNO. The lowest BCUT2D eigenvalue weighted by Crippen LogP contribution is -2.18. The Balaban J connectivity index is 2.05. The standard InChI is InChI=1S/C11H14FNO/c1-8-2-3-9(6-11(8)12)13-10-4-5-14-7-10/h2-3,6,10,13H,4-5,7H2,1H3. The number of halogens is 1. The van der Waals surface area contributed by atoms with Crippen LogP contribution in [0.5, 0.6) is 0 Å². The molecule has 0 bridgehead atoms. The minimum absolute atomic E-state index is 0.158. The summed E-state index contributed by atoms with van der Waals surface area (Å²) in [6.07, 6.45) is 0.996. The Hall–Kier alpha value is -1.09. The topological polar surface area (TPSA) is 21.3 Å². The Morgan fingerprint density at radius 2 is 2.36 bits per heavy atom. The zero-order valence-electron chi connectivity index (χ0n) is 8.22. The Kier molecular flexibility index (Phi) is 2.68. The van der Waals surface area contributed by atoms with Crippen molar-refractivity contribution in [3.63, 3.8) is 0 Å². The normalized spacial score (nSPS) is 21.1. The highest BCUT2D eigenvalue weighted by molar-refractivity contribution is 5.46. The van der Waals surface area contributed by atoms with Gasteiger partial charge in [0.15, 0.2) is 0 Å². The first-order valence-electron chi connectivity index (χ1n) is 4.86. The molecule has 0 amide bonds. The SMILES string of the molecule is Cc1ccc(NC2CCOC2)cc1F. The molecule has 1 unspecified atom stereocenters. The van der Waals surface area contributed by atoms with Crippen LogP contribution < -0.4 is 5.32 Å². The van der Waals surface area contributed by atoms with Crippen LogP contribution in [0.3, 0.4) is 0 Å². The fourth-order valence-corrected chi connectivity index (χ4v) is 1.57. The lowest BCUT2D eigenvalue weighted by Gasteiger charge is -2.12. The van der Waals surface area contributed by atoms with Gasteiger partial charge in [-0.25, -0.2) is 4.39 Å². The predicted molar refractivity (Wildman–Crippen MR) is 54.0 cm³/mol. The fourth-order valence-electron chi connectivity index (χ4n) is 1.57. The highest BCUT2D eigenvalue weighted by Gasteiger charge is 2.15. The van der Waals surface area contributed by atoms with E-state index in [1.807, 2.05) is 6.07 Å². The first kappa shape index (κ1) is 9.46. The average molecular weight is 195 g/mol. The molecule has 0 spiro atoms. The van der Waals surface area contributed by atoms with Gasteiger partial charge in [-0.2, -0.15) is 0 Å². The molecular weight excluding hydrogens is 181 g/mol. The van der Waals surface area contributed by atoms with E-state index < -0.39 is 0 Å². The van der Waals surface area contributed by atoms with Crippen LogP contribution in [0, 0.1) is 12.7 Å². The van der Waals surface area contributed by atoms with Crippen LogP contribution in [0.25, 0.3) is 0 Å². The van der Waals surface area contributed by atoms with Crippen LogP contribution in [-0.2, 0) is 4.74 Å². The summed E-state index contributed by atoms with van der Waals surface area (Å²) in [6.45, 7) is 3.28. The molecule has 0 aromatic heterocycles. The van der Waals surface area contributed by atoms with Gasteiger partial charge in [0, 0.05) is 12.3 Å². The van der Waals surface area contributed by atoms with Gasteiger partial charge in [0.2, 0.25) is 0 Å². The quantitative estimate of drug-likeness (QED) is 0.782. The van der Waals surface area contributed by atoms with Gasteiger partial charge in [-0.3, -0.25) is 0 Å². The Morgan fingerprint density at radius 3 is 3.00 bits per heavy atom. The van der Waals surface area contributed by atoms with Crippen molar-refractivity contribution >= 4 is 5.69 Å². The molecule has 1 aliphatic rings. The molecule has 1 aliphatic heterocycles. The first-order valence-corrected chi connectivity index (χ1v) is 4.86. The van der Waals surface area contributed by atoms with Gasteiger partial charge in [-0.1, -0.05) is 6.07 Å². The van der Waals surface area contributed by atoms with E-state index in [0.29, 0.717) is 11.6 Å². The van der Waals surface area contributed by atoms with E-state index in [2.05, 4.69) is 5.32 Å². The summed E-state index contributed by atoms with van der Waals surface area (Å²) < 4.78 is 18.4. The van der Waals surface area contributed by atoms with E-state index in [1.165, 1.54) is 6.07 Å². The summed E-state index contributed by atoms with van der Waals surface area (Å²) in [4.78, 5) is 0. The highest BCUT2D eigenvalue weighted by Crippen LogP contribution is 2.16. The van der Waals surface area contributed by atoms with E-state index in [4.69, 9.17) is 4.74 Å². The molecule has 0 aliphatic carbocycles. The third kappa shape index (κ3) is 2.04. The number of anilines is 1. The van der Waals surface area contributed by atoms with Crippen molar-refractivity contribution in [3.05, 3.63) is 29.6 Å². The van der Waals surface area contributed by atoms with Crippen LogP contribution >= 0.6 is 0 Å². The zero-order chi connectivity index (χ0) is 9.97. The number of aryl methyl sites for hydroxylation is 1. The molecule has 2 nitrogen and oxygen atoms in total. The van der Waals surface area contributed by atoms with E-state index >= 15 is 0 Å². The van der Waals surface area contributed by atoms with E-state index in [0.717, 1.165) is 25.3 Å². The predicted octanol–water partition coefficient (Wildman–Crippen LogP) is 2.33. The van der Waals surface area contributed by atoms with E-state index in [9.17, 15) is 4.39 Å². The van der Waals surface area contributed by atoms with Crippen molar-refractivity contribution in [2.45, 2.75) is 19.4 Å². The number of rotatable bonds is 2. The minimum Gasteiger partial charge on any atom is -0.380 e. The maximum Gasteiger partial charge on any atom is 0.128 e. The second-order valence-electron chi connectivity index (χ2n) is 3.67. The molecule has 2 rings (SSSR count). The summed E-state index contributed by atoms with van der Waals surface area (Å²) in [5, 5.41) is 3.24. The van der Waals surface area contributed by atoms with Crippen molar-refractivity contribution in [1.82, 2.24) is 0 Å². The summed E-state index contributed by atoms with van der Waals surface area (Å²) in [5.41, 5.74) is 1.52. The average Bonchev–Trinajstić information content (AvgIpc) is 2.64. The summed E-state index contributed by atoms with van der Waals surface area (Å²) >= 11 is 0. The lowest BCUT2D eigenvalue weighted by molar-refractivity contribution is 0.195. The van der Waals surface area contributed by atoms with Crippen molar-refractivity contribution < 1.29 is 9.13 Å². The highest BCUT2D eigenvalue weighted by atomic mass is 19.1. The van der Waals surface area contributed by atoms with Crippen molar-refractivity contribution in [1.29, 1.82) is 0 Å². The maximum absolute atomic E-state index is 13.2. The molecule has 1 aromatic rings. The molecule has 1 heterocycles. The minimum atomic E-state index is -0.158. The largest absolute Gasteiger partial charge is 0.380 e. The summed E-state index contributed by atoms with van der Waals surface area (Å²) in [6, 6.07) is 5.55. The molecule has 76 valence electrons. The second-order valence-corrected chi connectivity index (χ2v) is 3.67. The molecule has 0 saturated carbocycles. The number of hydrogen-bond donors (Lipinski definition) is 1. The molecule has 3 heteroatoms. The maximum atomic E-state index is 13.2. The summed E-state index contributed by atoms with van der Waals surface area (Å²) in [5.74, 6) is -0.158. The molecule has 1 fully saturated rings. The molecule has 1 atom stereocenters. The zero-order valence-corrected chi connectivity index (χ0v) is 8.22. The third-order valence-corrected chi connectivity index (χ3v) is 2.47. The summed E-state index contributed by atoms with van der Waals surface area (Å²) in [7, 11) is 0. The molecule has 1 N–H and O–H groups in total. The Labute approximate surface area is 83.1 Å². The Bertz CT molecular complexity index is 321. The van der Waals surface area contributed by atoms with Gasteiger partial charge in [0.25, 0.3) is 0 Å². The van der Waals surface area contributed by atoms with Crippen LogP contribution in [-0.4, -0.2) is 19.3 Å². The lowest BCUT2D eigenvalue weighted by atomic mass is 10.2. The number of ether oxygens (including phenoxy) is 1. The smallest absolute Gasteiger partial charge is 0.128 e. The van der Waals surface area contributed by atoms with Crippen LogP contribution in [0.1, 0.15) is 12.0 Å². The molecule has 0 radical (unpaired) electrons. The van der Waals surface area contributed by atoms with Crippen LogP contribution in [0.15, 0.2) is 18.2 Å². The van der Waals surface area contributed by atoms with Crippen LogP contribution in [0.2, 0.25) is 0 Å². The number of nitrogens with one attached hydrogen (secondary N) is 1. The monoisotopic (exact) mass is 195 g/mol. The van der Waals surface area contributed by atoms with Gasteiger partial charge in [0.1, 0.15) is 5.82 Å². The third-order valence-electron chi connectivity index (χ3n) is 2.47. The second kappa shape index (κ2) is 3.96. The van der Waals surface area contributed by atoms with Gasteiger partial charge in [0.05, 0.1) is 12.6 Å². The molecule has 1 saturated heterocycles. The van der Waals surface area contributed by atoms with Gasteiger partial charge in [-0.15, -0.1) is 0 Å². The Morgan fingerprint density at radius 1 is 1.50 bits per heavy atom. The van der Waals surface area contributed by atoms with Crippen LogP contribution in [0.4, 0.5) is 10.1 Å². The van der Waals surface area contributed by atoms with Gasteiger partial charge >= 0.3 is 0 Å². The van der Waals surface area contributed by atoms with Crippen molar-refractivity contribution in [2.75, 3.05) is 18.5 Å². The van der Waals surface area contributed by atoms with Gasteiger partial charge < -0.3 is 10.1 Å². The van der Waals surface area contributed by atoms with E-state index in [-0.39, 0.29) is 5.82 Å². The molecule has 14 heavy (non-hydrogen) atoms. The fraction of sp³-hybridized carbons (Fsp3) is 0.455. The van der Waals surface area contributed by atoms with Crippen molar-refractivity contribution in [3.8, 4) is 0 Å². The number of benzene rings is 1. The van der Waals surface area contributed by atoms with Gasteiger partial charge in [-0.05, 0) is 31.0 Å². The first-order chi connectivity index (χ1) is 6.75. The number of hydrogen-bond acceptors (Lipinski definition) is 2. The molecule has 1 aromatic carbocycles.